The van der Waals surface area contributed by atoms with Gasteiger partial charge >= 0.3 is 0 Å². The van der Waals surface area contributed by atoms with Crippen molar-refractivity contribution in [2.45, 2.75) is 17.6 Å². The van der Waals surface area contributed by atoms with Gasteiger partial charge in [-0.2, -0.15) is 11.8 Å². The number of nitrogen functional groups attached to an aromatic ring is 1. The van der Waals surface area contributed by atoms with E-state index in [1.165, 1.54) is 12.8 Å². The van der Waals surface area contributed by atoms with Crippen molar-refractivity contribution in [3.05, 3.63) is 23.8 Å². The normalized spacial score (nSPS) is 16.1. The zero-order valence-electron chi connectivity index (χ0n) is 10.7. The quantitative estimate of drug-likeness (QED) is 0.712. The molecule has 0 unspecified atom stereocenters. The van der Waals surface area contributed by atoms with Crippen LogP contribution in [0.4, 0.5) is 11.4 Å². The number of benzene rings is 1. The third-order valence-corrected chi connectivity index (χ3v) is 4.80. The van der Waals surface area contributed by atoms with Gasteiger partial charge in [-0.05, 0) is 37.3 Å². The second kappa shape index (κ2) is 5.10. The van der Waals surface area contributed by atoms with Gasteiger partial charge in [0.05, 0.1) is 11.4 Å². The number of hydrogen-bond donors (Lipinski definition) is 3. The molecular weight excluding hydrogens is 246 g/mol. The topological polar surface area (TPSA) is 67.2 Å². The van der Waals surface area contributed by atoms with E-state index < -0.39 is 0 Å². The second-order valence-corrected chi connectivity index (χ2v) is 5.90. The molecule has 0 saturated heterocycles. The highest BCUT2D eigenvalue weighted by molar-refractivity contribution is 8.00. The van der Waals surface area contributed by atoms with Gasteiger partial charge in [-0.15, -0.1) is 0 Å². The zero-order chi connectivity index (χ0) is 13.2. The van der Waals surface area contributed by atoms with Crippen molar-refractivity contribution >= 4 is 29.0 Å². The van der Waals surface area contributed by atoms with Crippen LogP contribution in [0.3, 0.4) is 0 Å². The summed E-state index contributed by atoms with van der Waals surface area (Å²) in [6.07, 6.45) is 4.67. The third kappa shape index (κ3) is 2.72. The van der Waals surface area contributed by atoms with Crippen molar-refractivity contribution in [3.63, 3.8) is 0 Å². The molecule has 1 amide bonds. The lowest BCUT2D eigenvalue weighted by atomic mass is 10.1. The maximum absolute atomic E-state index is 11.5. The smallest absolute Gasteiger partial charge is 0.251 e. The Morgan fingerprint density at radius 2 is 2.22 bits per heavy atom. The van der Waals surface area contributed by atoms with Crippen LogP contribution in [0.2, 0.25) is 0 Å². The van der Waals surface area contributed by atoms with E-state index >= 15 is 0 Å². The molecule has 1 aliphatic rings. The number of anilines is 2. The van der Waals surface area contributed by atoms with Crippen LogP contribution < -0.4 is 16.4 Å². The molecule has 0 bridgehead atoms. The van der Waals surface area contributed by atoms with E-state index in [4.69, 9.17) is 5.73 Å². The Balaban J connectivity index is 2.03. The van der Waals surface area contributed by atoms with Crippen LogP contribution >= 0.6 is 11.8 Å². The average molecular weight is 265 g/mol. The molecule has 0 spiro atoms. The molecule has 18 heavy (non-hydrogen) atoms. The first-order valence-corrected chi connectivity index (χ1v) is 7.23. The Bertz CT molecular complexity index is 458. The Kier molecular flexibility index (Phi) is 3.71. The molecule has 4 nitrogen and oxygen atoms in total. The number of carbonyl (C=O) groups is 1. The number of carbonyl (C=O) groups excluding carboxylic acids is 1. The first-order valence-electron chi connectivity index (χ1n) is 6.01. The standard InChI is InChI=1S/C13H19N3OS/c1-15-12(17)9-3-4-11(10(14)7-9)16-8-13(18-2)5-6-13/h3-4,7,16H,5-6,8,14H2,1-2H3,(H,15,17). The summed E-state index contributed by atoms with van der Waals surface area (Å²) in [5.74, 6) is -0.115. The summed E-state index contributed by atoms with van der Waals surface area (Å²) < 4.78 is 0.395. The van der Waals surface area contributed by atoms with Gasteiger partial charge in [-0.3, -0.25) is 4.79 Å². The Morgan fingerprint density at radius 3 is 2.72 bits per heavy atom. The van der Waals surface area contributed by atoms with E-state index in [0.717, 1.165) is 12.2 Å². The lowest BCUT2D eigenvalue weighted by Gasteiger charge is -2.16. The molecule has 1 aromatic rings. The second-order valence-electron chi connectivity index (χ2n) is 4.62. The molecule has 2 rings (SSSR count). The molecule has 5 heteroatoms. The lowest BCUT2D eigenvalue weighted by molar-refractivity contribution is 0.0963. The number of rotatable bonds is 5. The fourth-order valence-electron chi connectivity index (χ4n) is 1.86. The van der Waals surface area contributed by atoms with Crippen LogP contribution in [-0.2, 0) is 0 Å². The van der Waals surface area contributed by atoms with E-state index in [1.54, 1.807) is 19.2 Å². The maximum Gasteiger partial charge on any atom is 0.251 e. The van der Waals surface area contributed by atoms with E-state index in [-0.39, 0.29) is 5.91 Å². The van der Waals surface area contributed by atoms with Crippen LogP contribution in [0.15, 0.2) is 18.2 Å². The van der Waals surface area contributed by atoms with Crippen molar-refractivity contribution in [3.8, 4) is 0 Å². The van der Waals surface area contributed by atoms with E-state index in [9.17, 15) is 4.79 Å². The Labute approximate surface area is 112 Å². The molecule has 1 aromatic carbocycles. The largest absolute Gasteiger partial charge is 0.397 e. The van der Waals surface area contributed by atoms with Gasteiger partial charge in [-0.1, -0.05) is 0 Å². The summed E-state index contributed by atoms with van der Waals surface area (Å²) in [4.78, 5) is 11.5. The van der Waals surface area contributed by atoms with Gasteiger partial charge in [0.15, 0.2) is 0 Å². The molecule has 1 aliphatic carbocycles. The highest BCUT2D eigenvalue weighted by Crippen LogP contribution is 2.47. The molecule has 0 aliphatic heterocycles. The van der Waals surface area contributed by atoms with Crippen molar-refractivity contribution in [1.82, 2.24) is 5.32 Å². The SMILES string of the molecule is CNC(=O)c1ccc(NCC2(SC)CC2)c(N)c1. The van der Waals surface area contributed by atoms with E-state index in [0.29, 0.717) is 16.0 Å². The van der Waals surface area contributed by atoms with Crippen LogP contribution in [0, 0.1) is 0 Å². The summed E-state index contributed by atoms with van der Waals surface area (Å²) in [7, 11) is 1.61. The van der Waals surface area contributed by atoms with Gasteiger partial charge in [0, 0.05) is 23.9 Å². The molecule has 1 saturated carbocycles. The molecule has 1 fully saturated rings. The number of nitrogens with one attached hydrogen (secondary N) is 2. The molecule has 0 aromatic heterocycles. The fraction of sp³-hybridized carbons (Fsp3) is 0.462. The highest BCUT2D eigenvalue weighted by Gasteiger charge is 2.41. The van der Waals surface area contributed by atoms with Crippen molar-refractivity contribution in [2.75, 3.05) is 30.9 Å². The summed E-state index contributed by atoms with van der Waals surface area (Å²) in [5.41, 5.74) is 8.07. The van der Waals surface area contributed by atoms with Crippen molar-refractivity contribution < 1.29 is 4.79 Å². The van der Waals surface area contributed by atoms with Crippen molar-refractivity contribution in [1.29, 1.82) is 0 Å². The molecule has 98 valence electrons. The highest BCUT2D eigenvalue weighted by atomic mass is 32.2. The minimum Gasteiger partial charge on any atom is -0.397 e. The van der Waals surface area contributed by atoms with Gasteiger partial charge < -0.3 is 16.4 Å². The summed E-state index contributed by atoms with van der Waals surface area (Å²) in [5, 5.41) is 5.96. The van der Waals surface area contributed by atoms with Crippen LogP contribution in [0.25, 0.3) is 0 Å². The molecule has 0 heterocycles. The molecular formula is C13H19N3OS. The minimum atomic E-state index is -0.115. The lowest BCUT2D eigenvalue weighted by Crippen LogP contribution is -2.20. The van der Waals surface area contributed by atoms with Crippen LogP contribution in [-0.4, -0.2) is 30.5 Å². The maximum atomic E-state index is 11.5. The Morgan fingerprint density at radius 1 is 1.50 bits per heavy atom. The molecule has 4 N–H and O–H groups in total. The molecule has 0 atom stereocenters. The van der Waals surface area contributed by atoms with E-state index in [1.807, 2.05) is 17.8 Å². The summed E-state index contributed by atoms with van der Waals surface area (Å²) in [6, 6.07) is 5.37. The predicted octanol–water partition coefficient (Wildman–Crippen LogP) is 1.94. The Hall–Kier alpha value is -1.36. The van der Waals surface area contributed by atoms with Gasteiger partial charge in [0.2, 0.25) is 0 Å². The van der Waals surface area contributed by atoms with Gasteiger partial charge in [0.25, 0.3) is 5.91 Å². The zero-order valence-corrected chi connectivity index (χ0v) is 11.6. The van der Waals surface area contributed by atoms with Crippen molar-refractivity contribution in [2.24, 2.45) is 0 Å². The first-order chi connectivity index (χ1) is 8.60. The number of amides is 1. The average Bonchev–Trinajstić information content (AvgIpc) is 3.17. The molecule has 0 radical (unpaired) electrons. The van der Waals surface area contributed by atoms with Crippen LogP contribution in [0.5, 0.6) is 0 Å². The number of hydrogen-bond acceptors (Lipinski definition) is 4. The summed E-state index contributed by atoms with van der Waals surface area (Å²) in [6.45, 7) is 0.928. The minimum absolute atomic E-state index is 0.115. The monoisotopic (exact) mass is 265 g/mol. The van der Waals surface area contributed by atoms with Crippen LogP contribution in [0.1, 0.15) is 23.2 Å². The van der Waals surface area contributed by atoms with Gasteiger partial charge in [0.1, 0.15) is 0 Å². The number of nitrogens with two attached hydrogens (primary N) is 1. The van der Waals surface area contributed by atoms with Gasteiger partial charge in [-0.25, -0.2) is 0 Å². The first kappa shape index (κ1) is 13.1. The predicted molar refractivity (Wildman–Crippen MR) is 78.2 cm³/mol. The number of thioether (sulfide) groups is 1. The third-order valence-electron chi connectivity index (χ3n) is 3.38. The summed E-state index contributed by atoms with van der Waals surface area (Å²) >= 11 is 1.91. The van der Waals surface area contributed by atoms with E-state index in [2.05, 4.69) is 16.9 Å². The fourth-order valence-corrected chi connectivity index (χ4v) is 2.58.